The molecule has 0 aliphatic rings. The number of rotatable bonds is 4. The first kappa shape index (κ1) is 14.5. The molecular weight excluding hydrogens is 272 g/mol. The molecule has 0 amide bonds. The largest absolute Gasteiger partial charge is 0.507 e. The molecule has 2 aromatic rings. The van der Waals surface area contributed by atoms with Gasteiger partial charge in [-0.3, -0.25) is 9.59 Å². The summed E-state index contributed by atoms with van der Waals surface area (Å²) in [7, 11) is 0. The molecule has 0 unspecified atom stereocenters. The van der Waals surface area contributed by atoms with E-state index in [1.54, 1.807) is 12.1 Å². The number of carbonyl (C=O) groups excluding carboxylic acids is 2. The Labute approximate surface area is 120 Å². The first-order valence-corrected chi connectivity index (χ1v) is 6.13. The molecule has 0 fully saturated rings. The summed E-state index contributed by atoms with van der Waals surface area (Å²) in [5.74, 6) is -2.81. The standard InChI is InChI=1S/C16H12O5/c1-9(17)10-5-2-3-6-11(10)15(19)12-7-4-8-13(18)14(12)16(20)21/h2-8,18H,1H3,(H,20,21). The van der Waals surface area contributed by atoms with Crippen LogP contribution in [0.3, 0.4) is 0 Å². The molecule has 0 atom stereocenters. The summed E-state index contributed by atoms with van der Waals surface area (Å²) in [6, 6.07) is 10.0. The Bertz CT molecular complexity index is 746. The van der Waals surface area contributed by atoms with Crippen molar-refractivity contribution in [2.75, 3.05) is 0 Å². The van der Waals surface area contributed by atoms with Crippen LogP contribution in [0.15, 0.2) is 42.5 Å². The van der Waals surface area contributed by atoms with Crippen molar-refractivity contribution < 1.29 is 24.6 Å². The monoisotopic (exact) mass is 284 g/mol. The number of carboxylic acid groups (broad SMARTS) is 1. The number of hydrogen-bond acceptors (Lipinski definition) is 4. The fourth-order valence-electron chi connectivity index (χ4n) is 2.09. The number of benzene rings is 2. The van der Waals surface area contributed by atoms with E-state index < -0.39 is 23.1 Å². The van der Waals surface area contributed by atoms with Crippen molar-refractivity contribution >= 4 is 17.5 Å². The number of phenols is 1. The van der Waals surface area contributed by atoms with Gasteiger partial charge in [0.2, 0.25) is 0 Å². The topological polar surface area (TPSA) is 91.7 Å². The van der Waals surface area contributed by atoms with Gasteiger partial charge in [0.1, 0.15) is 11.3 Å². The Morgan fingerprint density at radius 2 is 1.43 bits per heavy atom. The quantitative estimate of drug-likeness (QED) is 0.842. The molecule has 2 aromatic carbocycles. The Balaban J connectivity index is 2.64. The average molecular weight is 284 g/mol. The number of aromatic carboxylic acids is 1. The zero-order valence-electron chi connectivity index (χ0n) is 11.2. The molecule has 106 valence electrons. The lowest BCUT2D eigenvalue weighted by atomic mass is 9.93. The van der Waals surface area contributed by atoms with Gasteiger partial charge in [-0.15, -0.1) is 0 Å². The van der Waals surface area contributed by atoms with Crippen LogP contribution < -0.4 is 0 Å². The fraction of sp³-hybridized carbons (Fsp3) is 0.0625. The van der Waals surface area contributed by atoms with Crippen LogP contribution in [0.1, 0.15) is 43.6 Å². The molecule has 0 aromatic heterocycles. The Kier molecular flexibility index (Phi) is 3.84. The number of carboxylic acids is 1. The summed E-state index contributed by atoms with van der Waals surface area (Å²) in [6.07, 6.45) is 0. The first-order valence-electron chi connectivity index (χ1n) is 6.13. The van der Waals surface area contributed by atoms with E-state index >= 15 is 0 Å². The van der Waals surface area contributed by atoms with E-state index in [-0.39, 0.29) is 22.5 Å². The highest BCUT2D eigenvalue weighted by Crippen LogP contribution is 2.24. The highest BCUT2D eigenvalue weighted by Gasteiger charge is 2.23. The zero-order valence-corrected chi connectivity index (χ0v) is 11.2. The molecule has 5 nitrogen and oxygen atoms in total. The molecule has 2 N–H and O–H groups in total. The second-order valence-corrected chi connectivity index (χ2v) is 4.44. The van der Waals surface area contributed by atoms with Crippen LogP contribution in [-0.4, -0.2) is 27.7 Å². The highest BCUT2D eigenvalue weighted by molar-refractivity contribution is 6.19. The van der Waals surface area contributed by atoms with Crippen LogP contribution in [0.25, 0.3) is 0 Å². The van der Waals surface area contributed by atoms with Crippen molar-refractivity contribution in [3.05, 3.63) is 64.7 Å². The predicted molar refractivity (Wildman–Crippen MR) is 74.9 cm³/mol. The van der Waals surface area contributed by atoms with Crippen LogP contribution in [0.2, 0.25) is 0 Å². The molecule has 2 rings (SSSR count). The molecule has 0 aliphatic carbocycles. The van der Waals surface area contributed by atoms with Crippen molar-refractivity contribution in [2.45, 2.75) is 6.92 Å². The molecule has 0 saturated heterocycles. The second kappa shape index (κ2) is 5.58. The SMILES string of the molecule is CC(=O)c1ccccc1C(=O)c1cccc(O)c1C(=O)O. The van der Waals surface area contributed by atoms with Crippen LogP contribution in [-0.2, 0) is 0 Å². The van der Waals surface area contributed by atoms with Crippen LogP contribution in [0.5, 0.6) is 5.75 Å². The zero-order chi connectivity index (χ0) is 15.6. The molecular formula is C16H12O5. The molecule has 21 heavy (non-hydrogen) atoms. The lowest BCUT2D eigenvalue weighted by molar-refractivity contribution is 0.0689. The molecule has 0 spiro atoms. The normalized spacial score (nSPS) is 10.1. The second-order valence-electron chi connectivity index (χ2n) is 4.44. The predicted octanol–water partition coefficient (Wildman–Crippen LogP) is 2.52. The molecule has 0 heterocycles. The third kappa shape index (κ3) is 2.67. The minimum Gasteiger partial charge on any atom is -0.507 e. The summed E-state index contributed by atoms with van der Waals surface area (Å²) in [6.45, 7) is 1.33. The summed E-state index contributed by atoms with van der Waals surface area (Å²) in [5.41, 5.74) is -0.308. The lowest BCUT2D eigenvalue weighted by Crippen LogP contribution is -2.13. The van der Waals surface area contributed by atoms with Gasteiger partial charge in [0.05, 0.1) is 0 Å². The smallest absolute Gasteiger partial charge is 0.340 e. The number of Topliss-reactive ketones (excluding diaryl/α,β-unsaturated/α-hetero) is 1. The fourth-order valence-corrected chi connectivity index (χ4v) is 2.09. The van der Waals surface area contributed by atoms with E-state index in [1.165, 1.54) is 37.3 Å². The Hall–Kier alpha value is -2.95. The van der Waals surface area contributed by atoms with Gasteiger partial charge in [-0.05, 0) is 19.1 Å². The number of aromatic hydroxyl groups is 1. The van der Waals surface area contributed by atoms with E-state index in [2.05, 4.69) is 0 Å². The van der Waals surface area contributed by atoms with E-state index in [4.69, 9.17) is 5.11 Å². The van der Waals surface area contributed by atoms with Crippen LogP contribution in [0, 0.1) is 0 Å². The van der Waals surface area contributed by atoms with E-state index in [0.717, 1.165) is 0 Å². The van der Waals surface area contributed by atoms with Gasteiger partial charge in [0, 0.05) is 16.7 Å². The minimum atomic E-state index is -1.41. The third-order valence-electron chi connectivity index (χ3n) is 3.05. The minimum absolute atomic E-state index is 0.109. The highest BCUT2D eigenvalue weighted by atomic mass is 16.4. The Morgan fingerprint density at radius 1 is 0.857 bits per heavy atom. The van der Waals surface area contributed by atoms with Crippen molar-refractivity contribution in [3.8, 4) is 5.75 Å². The van der Waals surface area contributed by atoms with Gasteiger partial charge in [-0.1, -0.05) is 30.3 Å². The molecule has 0 radical (unpaired) electrons. The average Bonchev–Trinajstić information content (AvgIpc) is 2.45. The summed E-state index contributed by atoms with van der Waals surface area (Å²) < 4.78 is 0. The number of carbonyl (C=O) groups is 3. The van der Waals surface area contributed by atoms with Gasteiger partial charge in [-0.25, -0.2) is 4.79 Å². The maximum absolute atomic E-state index is 12.5. The summed E-state index contributed by atoms with van der Waals surface area (Å²) >= 11 is 0. The van der Waals surface area contributed by atoms with Crippen molar-refractivity contribution in [2.24, 2.45) is 0 Å². The first-order chi connectivity index (χ1) is 9.93. The maximum Gasteiger partial charge on any atom is 0.340 e. The maximum atomic E-state index is 12.5. The van der Waals surface area contributed by atoms with E-state index in [0.29, 0.717) is 0 Å². The van der Waals surface area contributed by atoms with E-state index in [1.807, 2.05) is 0 Å². The third-order valence-corrected chi connectivity index (χ3v) is 3.05. The summed E-state index contributed by atoms with van der Waals surface area (Å²) in [5, 5.41) is 18.8. The van der Waals surface area contributed by atoms with Crippen LogP contribution in [0.4, 0.5) is 0 Å². The lowest BCUT2D eigenvalue weighted by Gasteiger charge is -2.09. The van der Waals surface area contributed by atoms with Crippen LogP contribution >= 0.6 is 0 Å². The van der Waals surface area contributed by atoms with Gasteiger partial charge in [-0.2, -0.15) is 0 Å². The molecule has 0 aliphatic heterocycles. The van der Waals surface area contributed by atoms with Gasteiger partial charge >= 0.3 is 5.97 Å². The Morgan fingerprint density at radius 3 is 2.00 bits per heavy atom. The van der Waals surface area contributed by atoms with E-state index in [9.17, 15) is 19.5 Å². The van der Waals surface area contributed by atoms with Crippen molar-refractivity contribution in [1.82, 2.24) is 0 Å². The van der Waals surface area contributed by atoms with Gasteiger partial charge < -0.3 is 10.2 Å². The number of ketones is 2. The van der Waals surface area contributed by atoms with Crippen molar-refractivity contribution in [3.63, 3.8) is 0 Å². The molecule has 0 saturated carbocycles. The van der Waals surface area contributed by atoms with Crippen molar-refractivity contribution in [1.29, 1.82) is 0 Å². The molecule has 5 heteroatoms. The van der Waals surface area contributed by atoms with Gasteiger partial charge in [0.15, 0.2) is 11.6 Å². The number of hydrogen-bond donors (Lipinski definition) is 2. The summed E-state index contributed by atoms with van der Waals surface area (Å²) in [4.78, 5) is 35.3. The van der Waals surface area contributed by atoms with Gasteiger partial charge in [0.25, 0.3) is 0 Å². The molecule has 0 bridgehead atoms.